The predicted molar refractivity (Wildman–Crippen MR) is 69.0 cm³/mol. The van der Waals surface area contributed by atoms with E-state index in [0.717, 1.165) is 31.6 Å². The summed E-state index contributed by atoms with van der Waals surface area (Å²) >= 11 is 0. The Balaban J connectivity index is 2.11. The van der Waals surface area contributed by atoms with Crippen molar-refractivity contribution in [2.45, 2.75) is 19.3 Å². The number of aliphatic carboxylic acids is 1. The molecule has 1 aliphatic rings. The molecule has 1 atom stereocenters. The Morgan fingerprint density at radius 1 is 1.56 bits per heavy atom. The smallest absolute Gasteiger partial charge is 0.341 e. The molecule has 0 saturated carbocycles. The van der Waals surface area contributed by atoms with Gasteiger partial charge in [0.05, 0.1) is 0 Å². The van der Waals surface area contributed by atoms with Gasteiger partial charge in [0.2, 0.25) is 0 Å². The third-order valence-electron chi connectivity index (χ3n) is 3.39. The standard InChI is InChI=1S/C14H19NO3/c1-15-8-10-5-6-12-11(7-10)3-2-4-13(12)18-9-14(16)17/h2-4,10,15H,5-9H2,1H3,(H,16,17). The fourth-order valence-corrected chi connectivity index (χ4v) is 2.59. The molecule has 98 valence electrons. The molecule has 0 saturated heterocycles. The number of carbonyl (C=O) groups is 1. The number of fused-ring (bicyclic) bond motifs is 1. The summed E-state index contributed by atoms with van der Waals surface area (Å²) in [6, 6.07) is 5.92. The highest BCUT2D eigenvalue weighted by Crippen LogP contribution is 2.31. The average molecular weight is 249 g/mol. The first-order valence-electron chi connectivity index (χ1n) is 6.30. The van der Waals surface area contributed by atoms with Crippen molar-refractivity contribution in [1.29, 1.82) is 0 Å². The van der Waals surface area contributed by atoms with Gasteiger partial charge in [0.15, 0.2) is 6.61 Å². The van der Waals surface area contributed by atoms with Crippen LogP contribution in [0.3, 0.4) is 0 Å². The Hall–Kier alpha value is -1.55. The van der Waals surface area contributed by atoms with Gasteiger partial charge in [-0.2, -0.15) is 0 Å². The zero-order valence-electron chi connectivity index (χ0n) is 10.6. The van der Waals surface area contributed by atoms with Gasteiger partial charge in [-0.25, -0.2) is 4.79 Å². The van der Waals surface area contributed by atoms with Gasteiger partial charge in [-0.3, -0.25) is 0 Å². The molecule has 0 amide bonds. The van der Waals surface area contributed by atoms with Crippen molar-refractivity contribution >= 4 is 5.97 Å². The number of hydrogen-bond acceptors (Lipinski definition) is 3. The summed E-state index contributed by atoms with van der Waals surface area (Å²) in [5.74, 6) is 0.464. The fourth-order valence-electron chi connectivity index (χ4n) is 2.59. The number of ether oxygens (including phenoxy) is 1. The summed E-state index contributed by atoms with van der Waals surface area (Å²) in [6.07, 6.45) is 3.14. The monoisotopic (exact) mass is 249 g/mol. The highest BCUT2D eigenvalue weighted by atomic mass is 16.5. The van der Waals surface area contributed by atoms with Crippen molar-refractivity contribution in [3.05, 3.63) is 29.3 Å². The van der Waals surface area contributed by atoms with Gasteiger partial charge in [0, 0.05) is 0 Å². The Labute approximate surface area is 107 Å². The van der Waals surface area contributed by atoms with E-state index in [1.807, 2.05) is 19.2 Å². The first-order valence-corrected chi connectivity index (χ1v) is 6.30. The van der Waals surface area contributed by atoms with Crippen LogP contribution in [0.5, 0.6) is 5.75 Å². The van der Waals surface area contributed by atoms with Crippen molar-refractivity contribution in [2.75, 3.05) is 20.2 Å². The second kappa shape index (κ2) is 5.87. The molecular weight excluding hydrogens is 230 g/mol. The van der Waals surface area contributed by atoms with Gasteiger partial charge >= 0.3 is 5.97 Å². The number of nitrogens with one attached hydrogen (secondary N) is 1. The van der Waals surface area contributed by atoms with Crippen molar-refractivity contribution in [1.82, 2.24) is 5.32 Å². The maximum absolute atomic E-state index is 10.5. The molecule has 4 nitrogen and oxygen atoms in total. The van der Waals surface area contributed by atoms with Crippen molar-refractivity contribution in [3.63, 3.8) is 0 Å². The molecule has 0 spiro atoms. The lowest BCUT2D eigenvalue weighted by Gasteiger charge is -2.25. The molecule has 1 aromatic carbocycles. The van der Waals surface area contributed by atoms with E-state index in [4.69, 9.17) is 9.84 Å². The number of rotatable bonds is 5. The van der Waals surface area contributed by atoms with E-state index >= 15 is 0 Å². The number of benzene rings is 1. The SMILES string of the molecule is CNCC1CCc2c(cccc2OCC(=O)O)C1. The molecule has 2 N–H and O–H groups in total. The van der Waals surface area contributed by atoms with Crippen LogP contribution in [0.1, 0.15) is 17.5 Å². The van der Waals surface area contributed by atoms with Crippen LogP contribution in [0.4, 0.5) is 0 Å². The van der Waals surface area contributed by atoms with Crippen LogP contribution in [-0.4, -0.2) is 31.3 Å². The van der Waals surface area contributed by atoms with E-state index in [2.05, 4.69) is 11.4 Å². The maximum atomic E-state index is 10.5. The van der Waals surface area contributed by atoms with Crippen molar-refractivity contribution in [3.8, 4) is 5.75 Å². The van der Waals surface area contributed by atoms with E-state index < -0.39 is 5.97 Å². The van der Waals surface area contributed by atoms with Crippen molar-refractivity contribution in [2.24, 2.45) is 5.92 Å². The second-order valence-corrected chi connectivity index (χ2v) is 4.74. The molecule has 0 aliphatic heterocycles. The molecule has 2 rings (SSSR count). The molecule has 4 heteroatoms. The number of carboxylic acids is 1. The van der Waals surface area contributed by atoms with Gasteiger partial charge in [0.25, 0.3) is 0 Å². The number of hydrogen-bond donors (Lipinski definition) is 2. The van der Waals surface area contributed by atoms with Crippen LogP contribution < -0.4 is 10.1 Å². The minimum atomic E-state index is -0.934. The summed E-state index contributed by atoms with van der Waals surface area (Å²) in [7, 11) is 1.97. The molecule has 1 unspecified atom stereocenters. The van der Waals surface area contributed by atoms with Gasteiger partial charge in [-0.1, -0.05) is 12.1 Å². The van der Waals surface area contributed by atoms with Gasteiger partial charge in [-0.15, -0.1) is 0 Å². The Morgan fingerprint density at radius 2 is 2.39 bits per heavy atom. The molecule has 0 heterocycles. The molecular formula is C14H19NO3. The van der Waals surface area contributed by atoms with Gasteiger partial charge in [0.1, 0.15) is 5.75 Å². The van der Waals surface area contributed by atoms with Gasteiger partial charge < -0.3 is 15.2 Å². The molecule has 0 aromatic heterocycles. The third kappa shape index (κ3) is 3.01. The summed E-state index contributed by atoms with van der Waals surface area (Å²) in [6.45, 7) is 0.760. The van der Waals surface area contributed by atoms with E-state index in [1.54, 1.807) is 0 Å². The molecule has 18 heavy (non-hydrogen) atoms. The maximum Gasteiger partial charge on any atom is 0.341 e. The van der Waals surface area contributed by atoms with E-state index in [0.29, 0.717) is 5.92 Å². The molecule has 0 radical (unpaired) electrons. The quantitative estimate of drug-likeness (QED) is 0.829. The highest BCUT2D eigenvalue weighted by Gasteiger charge is 2.20. The third-order valence-corrected chi connectivity index (χ3v) is 3.39. The summed E-state index contributed by atoms with van der Waals surface area (Å²) in [5.41, 5.74) is 2.48. The molecule has 1 aliphatic carbocycles. The lowest BCUT2D eigenvalue weighted by Crippen LogP contribution is -2.25. The molecule has 0 bridgehead atoms. The fraction of sp³-hybridized carbons (Fsp3) is 0.500. The minimum Gasteiger partial charge on any atom is -0.482 e. The summed E-state index contributed by atoms with van der Waals surface area (Å²) in [5, 5.41) is 11.9. The first-order chi connectivity index (χ1) is 8.70. The summed E-state index contributed by atoms with van der Waals surface area (Å²) in [4.78, 5) is 10.5. The first kappa shape index (κ1) is 12.9. The van der Waals surface area contributed by atoms with Gasteiger partial charge in [-0.05, 0) is 56.0 Å². The van der Waals surface area contributed by atoms with E-state index in [-0.39, 0.29) is 6.61 Å². The minimum absolute atomic E-state index is 0.267. The normalized spacial score (nSPS) is 18.2. The lowest BCUT2D eigenvalue weighted by atomic mass is 9.83. The van der Waals surface area contributed by atoms with Crippen LogP contribution >= 0.6 is 0 Å². The molecule has 1 aromatic rings. The molecule has 0 fully saturated rings. The lowest BCUT2D eigenvalue weighted by molar-refractivity contribution is -0.139. The second-order valence-electron chi connectivity index (χ2n) is 4.74. The summed E-state index contributed by atoms with van der Waals surface area (Å²) < 4.78 is 5.35. The van der Waals surface area contributed by atoms with Crippen LogP contribution in [0, 0.1) is 5.92 Å². The average Bonchev–Trinajstić information content (AvgIpc) is 2.36. The number of carboxylic acid groups (broad SMARTS) is 1. The topological polar surface area (TPSA) is 58.6 Å². The van der Waals surface area contributed by atoms with E-state index in [9.17, 15) is 4.79 Å². The Morgan fingerprint density at radius 3 is 3.11 bits per heavy atom. The van der Waals surface area contributed by atoms with Crippen LogP contribution in [-0.2, 0) is 17.6 Å². The van der Waals surface area contributed by atoms with Crippen LogP contribution in [0.15, 0.2) is 18.2 Å². The largest absolute Gasteiger partial charge is 0.482 e. The van der Waals surface area contributed by atoms with E-state index in [1.165, 1.54) is 11.1 Å². The predicted octanol–water partition coefficient (Wildman–Crippen LogP) is 1.47. The van der Waals surface area contributed by atoms with Crippen LogP contribution in [0.2, 0.25) is 0 Å². The van der Waals surface area contributed by atoms with Crippen molar-refractivity contribution < 1.29 is 14.6 Å². The Kier molecular flexibility index (Phi) is 4.20. The zero-order chi connectivity index (χ0) is 13.0. The highest BCUT2D eigenvalue weighted by molar-refractivity contribution is 5.68. The van der Waals surface area contributed by atoms with Crippen LogP contribution in [0.25, 0.3) is 0 Å². The zero-order valence-corrected chi connectivity index (χ0v) is 10.6. The Bertz CT molecular complexity index is 431.